The first-order valence-electron chi connectivity index (χ1n) is 8.35. The summed E-state index contributed by atoms with van der Waals surface area (Å²) in [4.78, 5) is 24.3. The van der Waals surface area contributed by atoms with Crippen molar-refractivity contribution in [2.24, 2.45) is 0 Å². The molecule has 0 bridgehead atoms. The number of carbonyl (C=O) groups excluding carboxylic acids is 1. The van der Waals surface area contributed by atoms with Crippen LogP contribution < -0.4 is 10.9 Å². The Hall–Kier alpha value is -3.42. The Morgan fingerprint density at radius 3 is 2.54 bits per heavy atom. The van der Waals surface area contributed by atoms with Crippen LogP contribution in [-0.4, -0.2) is 15.7 Å². The minimum absolute atomic E-state index is 0.0112. The van der Waals surface area contributed by atoms with Gasteiger partial charge in [0.2, 0.25) is 5.91 Å². The lowest BCUT2D eigenvalue weighted by molar-refractivity contribution is -0.137. The number of hydrogen-bond donors (Lipinski definition) is 1. The number of amides is 1. The monoisotopic (exact) mass is 387 g/mol. The molecular weight excluding hydrogens is 371 g/mol. The molecule has 0 atom stereocenters. The number of nitrogens with zero attached hydrogens (tertiary/aromatic N) is 2. The lowest BCUT2D eigenvalue weighted by Gasteiger charge is -2.11. The van der Waals surface area contributed by atoms with Gasteiger partial charge >= 0.3 is 6.18 Å². The third-order valence-corrected chi connectivity index (χ3v) is 4.05. The smallest absolute Gasteiger partial charge is 0.324 e. The van der Waals surface area contributed by atoms with Gasteiger partial charge in [-0.05, 0) is 36.8 Å². The van der Waals surface area contributed by atoms with E-state index >= 15 is 0 Å². The molecule has 3 rings (SSSR count). The topological polar surface area (TPSA) is 64.0 Å². The summed E-state index contributed by atoms with van der Waals surface area (Å²) < 4.78 is 39.3. The van der Waals surface area contributed by atoms with Gasteiger partial charge in [0, 0.05) is 17.3 Å². The normalized spacial score (nSPS) is 11.3. The van der Waals surface area contributed by atoms with Crippen molar-refractivity contribution in [3.05, 3.63) is 82.1 Å². The number of rotatable bonds is 4. The molecule has 28 heavy (non-hydrogen) atoms. The fourth-order valence-electron chi connectivity index (χ4n) is 2.68. The van der Waals surface area contributed by atoms with Crippen molar-refractivity contribution < 1.29 is 18.0 Å². The number of nitrogens with one attached hydrogen (secondary N) is 1. The summed E-state index contributed by atoms with van der Waals surface area (Å²) >= 11 is 0. The van der Waals surface area contributed by atoms with E-state index in [1.165, 1.54) is 18.2 Å². The van der Waals surface area contributed by atoms with Gasteiger partial charge in [-0.15, -0.1) is 0 Å². The van der Waals surface area contributed by atoms with Gasteiger partial charge in [-0.1, -0.05) is 30.3 Å². The molecule has 0 saturated heterocycles. The molecule has 1 aromatic heterocycles. The second-order valence-corrected chi connectivity index (χ2v) is 6.16. The molecule has 144 valence electrons. The Balaban J connectivity index is 1.80. The van der Waals surface area contributed by atoms with Crippen molar-refractivity contribution in [1.29, 1.82) is 0 Å². The molecule has 1 N–H and O–H groups in total. The van der Waals surface area contributed by atoms with E-state index < -0.39 is 29.8 Å². The number of hydrogen-bond acceptors (Lipinski definition) is 3. The number of alkyl halides is 3. The standard InChI is InChI=1S/C20H16F3N3O2/c1-13-5-2-3-8-16(13)17-9-10-19(28)26(25-17)12-18(27)24-15-7-4-6-14(11-15)20(21,22)23/h2-11H,12H2,1H3,(H,24,27). The maximum atomic E-state index is 12.8. The van der Waals surface area contributed by atoms with Crippen molar-refractivity contribution in [3.63, 3.8) is 0 Å². The Kier molecular flexibility index (Phi) is 5.30. The van der Waals surface area contributed by atoms with Crippen LogP contribution in [0.5, 0.6) is 0 Å². The van der Waals surface area contributed by atoms with Crippen molar-refractivity contribution in [2.75, 3.05) is 5.32 Å². The molecule has 0 aliphatic heterocycles. The predicted molar refractivity (Wildman–Crippen MR) is 98.7 cm³/mol. The molecule has 5 nitrogen and oxygen atoms in total. The van der Waals surface area contributed by atoms with E-state index in [1.54, 1.807) is 6.07 Å². The van der Waals surface area contributed by atoms with Gasteiger partial charge in [-0.3, -0.25) is 9.59 Å². The number of anilines is 1. The van der Waals surface area contributed by atoms with E-state index in [0.29, 0.717) is 5.69 Å². The number of carbonyl (C=O) groups is 1. The van der Waals surface area contributed by atoms with E-state index in [4.69, 9.17) is 0 Å². The van der Waals surface area contributed by atoms with Crippen LogP contribution in [0.2, 0.25) is 0 Å². The van der Waals surface area contributed by atoms with Gasteiger partial charge in [0.05, 0.1) is 11.3 Å². The second kappa shape index (κ2) is 7.67. The Bertz CT molecular complexity index is 1070. The number of benzene rings is 2. The quantitative estimate of drug-likeness (QED) is 0.739. The van der Waals surface area contributed by atoms with Gasteiger partial charge in [0.15, 0.2) is 0 Å². The van der Waals surface area contributed by atoms with Crippen LogP contribution in [0.25, 0.3) is 11.3 Å². The first-order chi connectivity index (χ1) is 13.2. The van der Waals surface area contributed by atoms with Gasteiger partial charge in [-0.25, -0.2) is 4.68 Å². The van der Waals surface area contributed by atoms with Gasteiger partial charge in [-0.2, -0.15) is 18.3 Å². The van der Waals surface area contributed by atoms with Crippen LogP contribution in [0.4, 0.5) is 18.9 Å². The Morgan fingerprint density at radius 1 is 1.07 bits per heavy atom. The molecule has 0 unspecified atom stereocenters. The second-order valence-electron chi connectivity index (χ2n) is 6.16. The fraction of sp³-hybridized carbons (Fsp3) is 0.150. The highest BCUT2D eigenvalue weighted by molar-refractivity contribution is 5.90. The maximum absolute atomic E-state index is 12.8. The van der Waals surface area contributed by atoms with E-state index in [1.807, 2.05) is 31.2 Å². The molecule has 0 fully saturated rings. The van der Waals surface area contributed by atoms with Crippen LogP contribution in [0.1, 0.15) is 11.1 Å². The van der Waals surface area contributed by atoms with E-state index in [2.05, 4.69) is 10.4 Å². The van der Waals surface area contributed by atoms with Crippen molar-refractivity contribution >= 4 is 11.6 Å². The van der Waals surface area contributed by atoms with Crippen molar-refractivity contribution in [3.8, 4) is 11.3 Å². The summed E-state index contributed by atoms with van der Waals surface area (Å²) in [5, 5.41) is 6.57. The fourth-order valence-corrected chi connectivity index (χ4v) is 2.68. The Morgan fingerprint density at radius 2 is 1.82 bits per heavy atom. The highest BCUT2D eigenvalue weighted by Gasteiger charge is 2.30. The summed E-state index contributed by atoms with van der Waals surface area (Å²) in [5.41, 5.74) is 0.911. The molecular formula is C20H16F3N3O2. The minimum Gasteiger partial charge on any atom is -0.324 e. The molecule has 0 aliphatic rings. The maximum Gasteiger partial charge on any atom is 0.416 e. The molecule has 2 aromatic carbocycles. The molecule has 0 radical (unpaired) electrons. The zero-order valence-corrected chi connectivity index (χ0v) is 14.8. The van der Waals surface area contributed by atoms with Crippen LogP contribution in [0.3, 0.4) is 0 Å². The number of aryl methyl sites for hydroxylation is 1. The van der Waals surface area contributed by atoms with E-state index in [-0.39, 0.29) is 5.69 Å². The van der Waals surface area contributed by atoms with Crippen molar-refractivity contribution in [2.45, 2.75) is 19.6 Å². The summed E-state index contributed by atoms with van der Waals surface area (Å²) in [6.45, 7) is 1.47. The Labute approximate surface area is 158 Å². The van der Waals surface area contributed by atoms with Crippen LogP contribution >= 0.6 is 0 Å². The summed E-state index contributed by atoms with van der Waals surface area (Å²) in [5.74, 6) is -0.657. The third-order valence-electron chi connectivity index (χ3n) is 4.05. The first-order valence-corrected chi connectivity index (χ1v) is 8.35. The zero-order valence-electron chi connectivity index (χ0n) is 14.8. The molecule has 1 amide bonds. The molecule has 0 spiro atoms. The largest absolute Gasteiger partial charge is 0.416 e. The summed E-state index contributed by atoms with van der Waals surface area (Å²) in [7, 11) is 0. The highest BCUT2D eigenvalue weighted by Crippen LogP contribution is 2.30. The van der Waals surface area contributed by atoms with Crippen LogP contribution in [0, 0.1) is 6.92 Å². The molecule has 0 saturated carbocycles. The van der Waals surface area contributed by atoms with Gasteiger partial charge in [0.25, 0.3) is 5.56 Å². The highest BCUT2D eigenvalue weighted by atomic mass is 19.4. The number of aromatic nitrogens is 2. The third kappa shape index (κ3) is 4.46. The van der Waals surface area contributed by atoms with Crippen LogP contribution in [-0.2, 0) is 17.5 Å². The number of halogens is 3. The summed E-state index contributed by atoms with van der Waals surface area (Å²) in [6.07, 6.45) is -4.51. The molecule has 1 heterocycles. The van der Waals surface area contributed by atoms with Crippen LogP contribution in [0.15, 0.2) is 65.5 Å². The van der Waals surface area contributed by atoms with E-state index in [0.717, 1.165) is 27.9 Å². The molecule has 0 aliphatic carbocycles. The van der Waals surface area contributed by atoms with Gasteiger partial charge in [0.1, 0.15) is 6.54 Å². The predicted octanol–water partition coefficient (Wildman–Crippen LogP) is 3.88. The SMILES string of the molecule is Cc1ccccc1-c1ccc(=O)n(CC(=O)Nc2cccc(C(F)(F)F)c2)n1. The van der Waals surface area contributed by atoms with E-state index in [9.17, 15) is 22.8 Å². The lowest BCUT2D eigenvalue weighted by Crippen LogP contribution is -2.29. The summed E-state index contributed by atoms with van der Waals surface area (Å²) in [6, 6.07) is 14.6. The first kappa shape index (κ1) is 19.3. The van der Waals surface area contributed by atoms with Crippen molar-refractivity contribution in [1.82, 2.24) is 9.78 Å². The minimum atomic E-state index is -4.51. The zero-order chi connectivity index (χ0) is 20.3. The average Bonchev–Trinajstić information content (AvgIpc) is 2.63. The molecule has 8 heteroatoms. The van der Waals surface area contributed by atoms with Gasteiger partial charge < -0.3 is 5.32 Å². The molecule has 3 aromatic rings. The average molecular weight is 387 g/mol. The lowest BCUT2D eigenvalue weighted by atomic mass is 10.1.